The summed E-state index contributed by atoms with van der Waals surface area (Å²) < 4.78 is 13.2. The van der Waals surface area contributed by atoms with E-state index in [2.05, 4.69) is 140 Å². The largest absolute Gasteiger partial charge is 0.455 e. The van der Waals surface area contributed by atoms with Gasteiger partial charge in [-0.3, -0.25) is 0 Å². The van der Waals surface area contributed by atoms with Crippen molar-refractivity contribution in [3.63, 3.8) is 0 Å². The average molecular weight is 723 g/mol. The molecule has 0 amide bonds. The second-order valence-electron chi connectivity index (χ2n) is 14.4. The normalized spacial score (nSPS) is 13.2. The molecule has 56 heavy (non-hydrogen) atoms. The van der Waals surface area contributed by atoms with Crippen LogP contribution in [0.4, 0.5) is 0 Å². The Kier molecular flexibility index (Phi) is 8.57. The van der Waals surface area contributed by atoms with Gasteiger partial charge >= 0.3 is 0 Å². The number of unbranched alkanes of at least 4 members (excludes halogenated alkanes) is 1. The van der Waals surface area contributed by atoms with E-state index in [0.29, 0.717) is 5.82 Å². The maximum Gasteiger partial charge on any atom is 0.161 e. The fraction of sp³-hybridized carbons (Fsp3) is 0.0769. The monoisotopic (exact) mass is 722 g/mol. The van der Waals surface area contributed by atoms with Crippen LogP contribution < -0.4 is 0 Å². The molecule has 4 nitrogen and oxygen atoms in total. The van der Waals surface area contributed by atoms with E-state index in [1.54, 1.807) is 0 Å². The summed E-state index contributed by atoms with van der Waals surface area (Å²) in [5.74, 6) is 0.665. The van der Waals surface area contributed by atoms with Gasteiger partial charge in [0.25, 0.3) is 0 Å². The lowest BCUT2D eigenvalue weighted by molar-refractivity contribution is 0.670. The lowest BCUT2D eigenvalue weighted by atomic mass is 9.92. The van der Waals surface area contributed by atoms with Crippen molar-refractivity contribution >= 4 is 49.5 Å². The quantitative estimate of drug-likeness (QED) is 0.110. The van der Waals surface area contributed by atoms with Crippen LogP contribution in [0.15, 0.2) is 191 Å². The molecule has 0 radical (unpaired) electrons. The molecule has 0 N–H and O–H groups in total. The Labute approximate surface area is 325 Å². The van der Waals surface area contributed by atoms with Crippen LogP contribution in [-0.4, -0.2) is 9.97 Å². The summed E-state index contributed by atoms with van der Waals surface area (Å²) in [4.78, 5) is 10.7. The van der Waals surface area contributed by atoms with E-state index in [4.69, 9.17) is 18.8 Å². The Morgan fingerprint density at radius 2 is 1.18 bits per heavy atom. The van der Waals surface area contributed by atoms with Crippen molar-refractivity contribution < 1.29 is 8.83 Å². The fourth-order valence-corrected chi connectivity index (χ4v) is 8.01. The molecule has 10 rings (SSSR count). The molecule has 0 bridgehead atoms. The van der Waals surface area contributed by atoms with Gasteiger partial charge in [0.05, 0.1) is 11.4 Å². The van der Waals surface area contributed by atoms with Crippen molar-refractivity contribution in [2.24, 2.45) is 0 Å². The second kappa shape index (κ2) is 14.3. The first-order valence-electron chi connectivity index (χ1n) is 19.3. The SMILES string of the molecule is C=CCC/C=C/C1=CC=C(c2cc(-c3ccccc3)nc(-c3ccc(-c4cccc5c4oc4ccccc45)cc3-c3cccc4c3oc3ccccc34)n2)CC1. The smallest absolute Gasteiger partial charge is 0.161 e. The molecule has 0 saturated heterocycles. The molecule has 9 aromatic rings. The topological polar surface area (TPSA) is 52.1 Å². The van der Waals surface area contributed by atoms with E-state index in [9.17, 15) is 0 Å². The molecule has 4 heteroatoms. The summed E-state index contributed by atoms with van der Waals surface area (Å²) in [5.41, 5.74) is 13.8. The van der Waals surface area contributed by atoms with Crippen LogP contribution in [0.5, 0.6) is 0 Å². The Bertz CT molecular complexity index is 3050. The predicted octanol–water partition coefficient (Wildman–Crippen LogP) is 14.6. The van der Waals surface area contributed by atoms with E-state index < -0.39 is 0 Å². The maximum absolute atomic E-state index is 6.66. The first-order chi connectivity index (χ1) is 27.7. The highest BCUT2D eigenvalue weighted by atomic mass is 16.3. The minimum Gasteiger partial charge on any atom is -0.455 e. The van der Waals surface area contributed by atoms with Gasteiger partial charge in [0.15, 0.2) is 5.82 Å². The van der Waals surface area contributed by atoms with Gasteiger partial charge < -0.3 is 8.83 Å². The first-order valence-corrected chi connectivity index (χ1v) is 19.3. The molecule has 1 aliphatic rings. The number of aromatic nitrogens is 2. The molecule has 268 valence electrons. The average Bonchev–Trinajstić information content (AvgIpc) is 3.84. The van der Waals surface area contributed by atoms with Gasteiger partial charge in [0.2, 0.25) is 0 Å². The summed E-state index contributed by atoms with van der Waals surface area (Å²) in [6.45, 7) is 3.85. The minimum absolute atomic E-state index is 0.665. The van der Waals surface area contributed by atoms with Crippen LogP contribution >= 0.6 is 0 Å². The summed E-state index contributed by atoms with van der Waals surface area (Å²) >= 11 is 0. The predicted molar refractivity (Wildman–Crippen MR) is 232 cm³/mol. The van der Waals surface area contributed by atoms with Gasteiger partial charge in [-0.2, -0.15) is 0 Å². The lowest BCUT2D eigenvalue weighted by Crippen LogP contribution is -2.01. The Balaban J connectivity index is 1.19. The summed E-state index contributed by atoms with van der Waals surface area (Å²) in [7, 11) is 0. The van der Waals surface area contributed by atoms with Gasteiger partial charge in [-0.25, -0.2) is 9.97 Å². The molecule has 0 atom stereocenters. The standard InChI is InChI=1S/C52H38N2O2/c1-2-3-4-6-15-34-26-28-36(29-27-34)47-33-46(35-16-7-5-8-17-35)53-52(54-47)44-31-30-37(38-20-13-21-41-39-18-9-11-24-48(39)55-50(38)41)32-45(44)43-23-14-22-42-40-19-10-12-25-49(40)56-51(42)43/h2,5-26,28,30-33H,1,3-4,27,29H2/b15-6+. The third-order valence-electron chi connectivity index (χ3n) is 10.8. The van der Waals surface area contributed by atoms with Crippen LogP contribution in [0.3, 0.4) is 0 Å². The molecule has 0 saturated carbocycles. The molecule has 3 heterocycles. The van der Waals surface area contributed by atoms with Gasteiger partial charge in [0, 0.05) is 43.8 Å². The zero-order valence-electron chi connectivity index (χ0n) is 30.9. The maximum atomic E-state index is 6.66. The van der Waals surface area contributed by atoms with Gasteiger partial charge in [0.1, 0.15) is 22.3 Å². The van der Waals surface area contributed by atoms with Crippen LogP contribution in [0.2, 0.25) is 0 Å². The fourth-order valence-electron chi connectivity index (χ4n) is 8.01. The highest BCUT2D eigenvalue weighted by Gasteiger charge is 2.21. The molecule has 0 unspecified atom stereocenters. The number of furan rings is 2. The molecular formula is C52H38N2O2. The molecular weight excluding hydrogens is 685 g/mol. The summed E-state index contributed by atoms with van der Waals surface area (Å²) in [5, 5.41) is 4.36. The second-order valence-corrected chi connectivity index (χ2v) is 14.4. The Morgan fingerprint density at radius 1 is 0.518 bits per heavy atom. The highest BCUT2D eigenvalue weighted by molar-refractivity contribution is 6.12. The minimum atomic E-state index is 0.665. The molecule has 6 aromatic carbocycles. The number of hydrogen-bond donors (Lipinski definition) is 0. The number of benzene rings is 6. The molecule has 1 aliphatic carbocycles. The first kappa shape index (κ1) is 33.5. The number of hydrogen-bond acceptors (Lipinski definition) is 4. The molecule has 0 spiro atoms. The number of rotatable bonds is 9. The Morgan fingerprint density at radius 3 is 1.89 bits per heavy atom. The third-order valence-corrected chi connectivity index (χ3v) is 10.8. The molecule has 0 fully saturated rings. The van der Waals surface area contributed by atoms with Crippen molar-refractivity contribution in [2.45, 2.75) is 25.7 Å². The number of para-hydroxylation sites is 4. The number of fused-ring (bicyclic) bond motifs is 6. The van der Waals surface area contributed by atoms with Crippen molar-refractivity contribution in [2.75, 3.05) is 0 Å². The van der Waals surface area contributed by atoms with E-state index in [1.807, 2.05) is 36.4 Å². The van der Waals surface area contributed by atoms with Gasteiger partial charge in [-0.05, 0) is 78.3 Å². The highest BCUT2D eigenvalue weighted by Crippen LogP contribution is 2.43. The van der Waals surface area contributed by atoms with Crippen LogP contribution in [0, 0.1) is 0 Å². The van der Waals surface area contributed by atoms with E-state index in [0.717, 1.165) is 114 Å². The van der Waals surface area contributed by atoms with Crippen molar-refractivity contribution in [3.05, 3.63) is 188 Å². The third kappa shape index (κ3) is 6.06. The number of allylic oxidation sites excluding steroid dienone is 7. The van der Waals surface area contributed by atoms with E-state index in [1.165, 1.54) is 11.1 Å². The molecule has 0 aliphatic heterocycles. The lowest BCUT2D eigenvalue weighted by Gasteiger charge is -2.17. The van der Waals surface area contributed by atoms with E-state index in [-0.39, 0.29) is 0 Å². The van der Waals surface area contributed by atoms with Crippen LogP contribution in [-0.2, 0) is 0 Å². The zero-order valence-corrected chi connectivity index (χ0v) is 30.9. The van der Waals surface area contributed by atoms with Crippen LogP contribution in [0.1, 0.15) is 31.4 Å². The summed E-state index contributed by atoms with van der Waals surface area (Å²) in [6, 6.07) is 48.4. The van der Waals surface area contributed by atoms with Crippen molar-refractivity contribution in [3.8, 4) is 44.9 Å². The van der Waals surface area contributed by atoms with Crippen LogP contribution in [0.25, 0.3) is 94.3 Å². The Hall–Kier alpha value is -7.04. The van der Waals surface area contributed by atoms with Crippen molar-refractivity contribution in [1.29, 1.82) is 0 Å². The zero-order chi connectivity index (χ0) is 37.4. The summed E-state index contributed by atoms with van der Waals surface area (Å²) in [6.07, 6.45) is 14.8. The van der Waals surface area contributed by atoms with Gasteiger partial charge in [-0.1, -0.05) is 140 Å². The van der Waals surface area contributed by atoms with E-state index >= 15 is 0 Å². The number of nitrogens with zero attached hydrogens (tertiary/aromatic N) is 2. The van der Waals surface area contributed by atoms with Crippen molar-refractivity contribution in [1.82, 2.24) is 9.97 Å². The molecule has 3 aromatic heterocycles. The van der Waals surface area contributed by atoms with Gasteiger partial charge in [-0.15, -0.1) is 6.58 Å².